The van der Waals surface area contributed by atoms with Gasteiger partial charge in [-0.3, -0.25) is 5.41 Å². The van der Waals surface area contributed by atoms with Crippen molar-refractivity contribution in [2.45, 2.75) is 22.9 Å². The maximum absolute atomic E-state index is 12.7. The molecule has 0 aliphatic carbocycles. The van der Waals surface area contributed by atoms with Crippen molar-refractivity contribution >= 4 is 17.6 Å². The van der Waals surface area contributed by atoms with Gasteiger partial charge in [0.1, 0.15) is 11.6 Å². The lowest BCUT2D eigenvalue weighted by molar-refractivity contribution is -0.137. The van der Waals surface area contributed by atoms with Crippen LogP contribution in [0.25, 0.3) is 0 Å². The van der Waals surface area contributed by atoms with E-state index in [0.717, 1.165) is 17.0 Å². The molecule has 2 rings (SSSR count). The predicted molar refractivity (Wildman–Crippen MR) is 70.0 cm³/mol. The number of rotatable bonds is 3. The normalized spacial score (nSPS) is 11.6. The Kier molecular flexibility index (Phi) is 3.80. The van der Waals surface area contributed by atoms with Crippen molar-refractivity contribution in [3.05, 3.63) is 47.4 Å². The van der Waals surface area contributed by atoms with Crippen LogP contribution in [0.2, 0.25) is 0 Å². The summed E-state index contributed by atoms with van der Waals surface area (Å²) in [6.45, 7) is 1.75. The molecule has 0 aliphatic heterocycles. The van der Waals surface area contributed by atoms with Gasteiger partial charge in [0, 0.05) is 10.5 Å². The van der Waals surface area contributed by atoms with Crippen molar-refractivity contribution in [3.8, 4) is 0 Å². The number of hydrogen-bond donors (Lipinski definition) is 2. The second-order valence-corrected chi connectivity index (χ2v) is 5.15. The quantitative estimate of drug-likeness (QED) is 0.664. The first-order valence-corrected chi connectivity index (χ1v) is 6.38. The predicted octanol–water partition coefficient (Wildman–Crippen LogP) is 4.04. The molecule has 0 saturated carbocycles. The summed E-state index contributed by atoms with van der Waals surface area (Å²) in [4.78, 5) is 1.25. The summed E-state index contributed by atoms with van der Waals surface area (Å²) >= 11 is 1.21. The standard InChI is InChI=1S/C13H11F3N2OS/c1-7-10(4-5-19-7)20-11-3-2-8(13(14,15)16)6-9(11)12(17)18/h2-6H,1H3,(H3,17,18). The number of benzene rings is 1. The summed E-state index contributed by atoms with van der Waals surface area (Å²) in [5, 5.41) is 7.43. The Morgan fingerprint density at radius 1 is 1.25 bits per heavy atom. The third kappa shape index (κ3) is 2.98. The molecule has 1 aromatic heterocycles. The van der Waals surface area contributed by atoms with Crippen LogP contribution in [0.15, 0.2) is 44.7 Å². The highest BCUT2D eigenvalue weighted by Gasteiger charge is 2.31. The molecule has 0 atom stereocenters. The van der Waals surface area contributed by atoms with E-state index in [0.29, 0.717) is 10.7 Å². The number of furan rings is 1. The molecule has 3 nitrogen and oxygen atoms in total. The van der Waals surface area contributed by atoms with Gasteiger partial charge in [-0.15, -0.1) is 0 Å². The first kappa shape index (κ1) is 14.5. The fraction of sp³-hybridized carbons (Fsp3) is 0.154. The monoisotopic (exact) mass is 300 g/mol. The molecule has 0 radical (unpaired) electrons. The van der Waals surface area contributed by atoms with Crippen LogP contribution in [-0.4, -0.2) is 5.84 Å². The van der Waals surface area contributed by atoms with Gasteiger partial charge in [0.15, 0.2) is 0 Å². The largest absolute Gasteiger partial charge is 0.468 e. The number of hydrogen-bond acceptors (Lipinski definition) is 3. The SMILES string of the molecule is Cc1occc1Sc1ccc(C(F)(F)F)cc1C(=N)N. The van der Waals surface area contributed by atoms with Crippen molar-refractivity contribution < 1.29 is 17.6 Å². The third-order valence-electron chi connectivity index (χ3n) is 2.63. The summed E-state index contributed by atoms with van der Waals surface area (Å²) in [6, 6.07) is 4.89. The van der Waals surface area contributed by atoms with Crippen LogP contribution in [0.3, 0.4) is 0 Å². The molecule has 0 spiro atoms. The molecule has 0 unspecified atom stereocenters. The molecule has 0 saturated heterocycles. The van der Waals surface area contributed by atoms with E-state index >= 15 is 0 Å². The van der Waals surface area contributed by atoms with Crippen LogP contribution >= 0.6 is 11.8 Å². The molecule has 3 N–H and O–H groups in total. The van der Waals surface area contributed by atoms with Gasteiger partial charge in [-0.2, -0.15) is 13.2 Å². The first-order chi connectivity index (χ1) is 9.29. The van der Waals surface area contributed by atoms with Crippen molar-refractivity contribution in [2.24, 2.45) is 5.73 Å². The van der Waals surface area contributed by atoms with E-state index in [2.05, 4.69) is 0 Å². The molecule has 0 aliphatic rings. The average Bonchev–Trinajstić information content (AvgIpc) is 2.74. The Balaban J connectivity index is 2.43. The van der Waals surface area contributed by atoms with E-state index in [9.17, 15) is 13.2 Å². The minimum Gasteiger partial charge on any atom is -0.468 e. The average molecular weight is 300 g/mol. The second-order valence-electron chi connectivity index (χ2n) is 4.07. The Morgan fingerprint density at radius 3 is 2.45 bits per heavy atom. The van der Waals surface area contributed by atoms with Gasteiger partial charge in [0.25, 0.3) is 0 Å². The van der Waals surface area contributed by atoms with Crippen molar-refractivity contribution in [1.82, 2.24) is 0 Å². The minimum atomic E-state index is -4.46. The number of aryl methyl sites for hydroxylation is 1. The van der Waals surface area contributed by atoms with Crippen molar-refractivity contribution in [2.75, 3.05) is 0 Å². The number of nitrogens with two attached hydrogens (primary N) is 1. The smallest absolute Gasteiger partial charge is 0.416 e. The molecule has 1 aromatic carbocycles. The van der Waals surface area contributed by atoms with Gasteiger partial charge in [-0.1, -0.05) is 11.8 Å². The molecule has 7 heteroatoms. The van der Waals surface area contributed by atoms with Crippen LogP contribution in [0.4, 0.5) is 13.2 Å². The fourth-order valence-corrected chi connectivity index (χ4v) is 2.57. The lowest BCUT2D eigenvalue weighted by atomic mass is 10.1. The van der Waals surface area contributed by atoms with Crippen LogP contribution < -0.4 is 5.73 Å². The number of amidine groups is 1. The number of nitrogen functional groups attached to an aromatic ring is 1. The van der Waals surface area contributed by atoms with Gasteiger partial charge in [0.2, 0.25) is 0 Å². The summed E-state index contributed by atoms with van der Waals surface area (Å²) < 4.78 is 43.1. The Bertz CT molecular complexity index is 649. The summed E-state index contributed by atoms with van der Waals surface area (Å²) in [5.41, 5.74) is 4.61. The molecule has 0 bridgehead atoms. The van der Waals surface area contributed by atoms with E-state index in [1.54, 1.807) is 13.0 Å². The van der Waals surface area contributed by atoms with E-state index < -0.39 is 17.6 Å². The molecular weight excluding hydrogens is 289 g/mol. The van der Waals surface area contributed by atoms with Gasteiger partial charge < -0.3 is 10.2 Å². The number of alkyl halides is 3. The Hall–Kier alpha value is -1.89. The van der Waals surface area contributed by atoms with Crippen molar-refractivity contribution in [1.29, 1.82) is 5.41 Å². The Labute approximate surface area is 117 Å². The van der Waals surface area contributed by atoms with E-state index in [1.165, 1.54) is 24.1 Å². The summed E-state index contributed by atoms with van der Waals surface area (Å²) in [5.74, 6) is 0.254. The van der Waals surface area contributed by atoms with Gasteiger partial charge in [0.05, 0.1) is 16.7 Å². The van der Waals surface area contributed by atoms with Crippen LogP contribution in [0.1, 0.15) is 16.9 Å². The zero-order valence-corrected chi connectivity index (χ0v) is 11.2. The molecule has 20 heavy (non-hydrogen) atoms. The van der Waals surface area contributed by atoms with E-state index in [4.69, 9.17) is 15.6 Å². The highest BCUT2D eigenvalue weighted by molar-refractivity contribution is 7.99. The third-order valence-corrected chi connectivity index (χ3v) is 3.85. The van der Waals surface area contributed by atoms with Crippen molar-refractivity contribution in [3.63, 3.8) is 0 Å². The van der Waals surface area contributed by atoms with Gasteiger partial charge in [-0.25, -0.2) is 0 Å². The minimum absolute atomic E-state index is 0.0606. The second kappa shape index (κ2) is 5.24. The number of halogens is 3. The zero-order valence-electron chi connectivity index (χ0n) is 10.4. The fourth-order valence-electron chi connectivity index (χ4n) is 1.60. The van der Waals surface area contributed by atoms with Gasteiger partial charge in [-0.05, 0) is 31.2 Å². The van der Waals surface area contributed by atoms with E-state index in [-0.39, 0.29) is 5.56 Å². The van der Waals surface area contributed by atoms with Gasteiger partial charge >= 0.3 is 6.18 Å². The molecule has 0 fully saturated rings. The molecule has 2 aromatic rings. The zero-order chi connectivity index (χ0) is 14.9. The summed E-state index contributed by atoms with van der Waals surface area (Å²) in [7, 11) is 0. The topological polar surface area (TPSA) is 63.0 Å². The molecular formula is C13H11F3N2OS. The maximum atomic E-state index is 12.7. The molecule has 106 valence electrons. The lowest BCUT2D eigenvalue weighted by Gasteiger charge is -2.12. The number of nitrogens with one attached hydrogen (secondary N) is 1. The maximum Gasteiger partial charge on any atom is 0.416 e. The van der Waals surface area contributed by atoms with Crippen LogP contribution in [-0.2, 0) is 6.18 Å². The summed E-state index contributed by atoms with van der Waals surface area (Å²) in [6.07, 6.45) is -2.96. The molecule has 1 heterocycles. The highest BCUT2D eigenvalue weighted by atomic mass is 32.2. The Morgan fingerprint density at radius 2 is 1.95 bits per heavy atom. The lowest BCUT2D eigenvalue weighted by Crippen LogP contribution is -2.14. The van der Waals surface area contributed by atoms with Crippen LogP contribution in [0.5, 0.6) is 0 Å². The highest BCUT2D eigenvalue weighted by Crippen LogP contribution is 2.36. The van der Waals surface area contributed by atoms with E-state index in [1.807, 2.05) is 0 Å². The first-order valence-electron chi connectivity index (χ1n) is 5.56. The molecule has 0 amide bonds. The van der Waals surface area contributed by atoms with Crippen LogP contribution in [0, 0.1) is 12.3 Å².